The molecule has 0 aromatic carbocycles. The molecule has 0 atom stereocenters. The molecule has 1 heterocycles. The fourth-order valence-corrected chi connectivity index (χ4v) is 3.34. The Balaban J connectivity index is 2.36. The average molecular weight is 239 g/mol. The first-order valence-corrected chi connectivity index (χ1v) is 6.62. The summed E-state index contributed by atoms with van der Waals surface area (Å²) in [5.74, 6) is -0.251. The number of ether oxygens (including phenoxy) is 1. The van der Waals surface area contributed by atoms with Crippen LogP contribution in [0.5, 0.6) is 0 Å². The summed E-state index contributed by atoms with van der Waals surface area (Å²) in [5.41, 5.74) is 7.71. The van der Waals surface area contributed by atoms with Gasteiger partial charge in [-0.3, -0.25) is 0 Å². The number of nitrogens with two attached hydrogens (primary N) is 1. The third-order valence-corrected chi connectivity index (χ3v) is 4.05. The van der Waals surface area contributed by atoms with Crippen LogP contribution in [0.25, 0.3) is 0 Å². The molecule has 1 aliphatic carbocycles. The van der Waals surface area contributed by atoms with Crippen molar-refractivity contribution < 1.29 is 9.53 Å². The maximum Gasteiger partial charge on any atom is 0.341 e. The van der Waals surface area contributed by atoms with Crippen LogP contribution in [0.4, 0.5) is 5.00 Å². The first kappa shape index (κ1) is 11.5. The molecule has 88 valence electrons. The quantitative estimate of drug-likeness (QED) is 0.637. The van der Waals surface area contributed by atoms with Gasteiger partial charge in [0.25, 0.3) is 0 Å². The molecule has 4 heteroatoms. The minimum Gasteiger partial charge on any atom is -0.462 e. The summed E-state index contributed by atoms with van der Waals surface area (Å²) < 4.78 is 5.06. The van der Waals surface area contributed by atoms with Crippen molar-refractivity contribution in [3.05, 3.63) is 16.0 Å². The summed E-state index contributed by atoms with van der Waals surface area (Å²) in [7, 11) is 0. The number of aryl methyl sites for hydroxylation is 1. The van der Waals surface area contributed by atoms with Gasteiger partial charge in [-0.15, -0.1) is 11.3 Å². The maximum absolute atomic E-state index is 11.8. The van der Waals surface area contributed by atoms with E-state index in [-0.39, 0.29) is 5.97 Å². The predicted octanol–water partition coefficient (Wildman–Crippen LogP) is 2.78. The standard InChI is InChI=1S/C12H17NO2S/c1-2-15-12(14)10-8-6-4-3-5-7-9(8)16-11(10)13/h2-7,13H2,1H3. The highest BCUT2D eigenvalue weighted by Crippen LogP contribution is 2.35. The van der Waals surface area contributed by atoms with Crippen molar-refractivity contribution in [2.75, 3.05) is 12.3 Å². The maximum atomic E-state index is 11.8. The Bertz CT molecular complexity index is 398. The molecule has 0 radical (unpaired) electrons. The summed E-state index contributed by atoms with van der Waals surface area (Å²) in [6.45, 7) is 2.22. The van der Waals surface area contributed by atoms with Gasteiger partial charge in [0.05, 0.1) is 12.2 Å². The molecule has 16 heavy (non-hydrogen) atoms. The van der Waals surface area contributed by atoms with Crippen molar-refractivity contribution in [2.24, 2.45) is 0 Å². The van der Waals surface area contributed by atoms with E-state index in [0.717, 1.165) is 24.8 Å². The van der Waals surface area contributed by atoms with E-state index in [2.05, 4.69) is 0 Å². The van der Waals surface area contributed by atoms with Crippen molar-refractivity contribution in [2.45, 2.75) is 39.0 Å². The number of carbonyl (C=O) groups is 1. The van der Waals surface area contributed by atoms with E-state index < -0.39 is 0 Å². The Morgan fingerprint density at radius 2 is 2.12 bits per heavy atom. The summed E-state index contributed by atoms with van der Waals surface area (Å²) in [4.78, 5) is 13.1. The minimum atomic E-state index is -0.251. The van der Waals surface area contributed by atoms with Gasteiger partial charge < -0.3 is 10.5 Å². The number of esters is 1. The minimum absolute atomic E-state index is 0.251. The van der Waals surface area contributed by atoms with Gasteiger partial charge in [0.2, 0.25) is 0 Å². The van der Waals surface area contributed by atoms with Gasteiger partial charge in [0, 0.05) is 4.88 Å². The SMILES string of the molecule is CCOC(=O)c1c(N)sc2c1CCCCC2. The van der Waals surface area contributed by atoms with Gasteiger partial charge in [0.15, 0.2) is 0 Å². The van der Waals surface area contributed by atoms with Crippen LogP contribution < -0.4 is 5.73 Å². The molecule has 0 aliphatic heterocycles. The fourth-order valence-electron chi connectivity index (χ4n) is 2.19. The van der Waals surface area contributed by atoms with E-state index in [1.165, 1.54) is 17.7 Å². The highest BCUT2D eigenvalue weighted by molar-refractivity contribution is 7.16. The Hall–Kier alpha value is -1.03. The van der Waals surface area contributed by atoms with Crippen molar-refractivity contribution in [3.63, 3.8) is 0 Å². The lowest BCUT2D eigenvalue weighted by atomic mass is 10.1. The highest BCUT2D eigenvalue weighted by Gasteiger charge is 2.23. The molecule has 0 unspecified atom stereocenters. The number of thiophene rings is 1. The second kappa shape index (κ2) is 4.87. The van der Waals surface area contributed by atoms with Crippen LogP contribution in [0.3, 0.4) is 0 Å². The lowest BCUT2D eigenvalue weighted by Gasteiger charge is -2.04. The number of carbonyl (C=O) groups excluding carboxylic acids is 1. The molecule has 2 rings (SSSR count). The summed E-state index contributed by atoms with van der Waals surface area (Å²) in [6.07, 6.45) is 5.62. The van der Waals surface area contributed by atoms with Crippen molar-refractivity contribution >= 4 is 22.3 Å². The Labute approximate surface area is 99.6 Å². The topological polar surface area (TPSA) is 52.3 Å². The first-order valence-electron chi connectivity index (χ1n) is 5.81. The van der Waals surface area contributed by atoms with Crippen LogP contribution in [0, 0.1) is 0 Å². The van der Waals surface area contributed by atoms with Crippen molar-refractivity contribution in [3.8, 4) is 0 Å². The second-order valence-corrected chi connectivity index (χ2v) is 5.16. The molecule has 1 aromatic rings. The summed E-state index contributed by atoms with van der Waals surface area (Å²) in [5, 5.41) is 0.630. The number of rotatable bonds is 2. The van der Waals surface area contributed by atoms with Gasteiger partial charge in [-0.1, -0.05) is 6.42 Å². The molecule has 0 amide bonds. The van der Waals surface area contributed by atoms with Gasteiger partial charge in [-0.25, -0.2) is 4.79 Å². The van der Waals surface area contributed by atoms with Crippen LogP contribution in [0.15, 0.2) is 0 Å². The molecule has 1 aliphatic rings. The zero-order valence-corrected chi connectivity index (χ0v) is 10.4. The van der Waals surface area contributed by atoms with Gasteiger partial charge in [-0.2, -0.15) is 0 Å². The second-order valence-electron chi connectivity index (χ2n) is 4.02. The Morgan fingerprint density at radius 1 is 1.38 bits per heavy atom. The van der Waals surface area contributed by atoms with Gasteiger partial charge >= 0.3 is 5.97 Å². The van der Waals surface area contributed by atoms with Crippen molar-refractivity contribution in [1.29, 1.82) is 0 Å². The van der Waals surface area contributed by atoms with E-state index in [1.807, 2.05) is 6.92 Å². The zero-order chi connectivity index (χ0) is 11.5. The molecule has 0 fully saturated rings. The fraction of sp³-hybridized carbons (Fsp3) is 0.583. The average Bonchev–Trinajstić information content (AvgIpc) is 2.43. The van der Waals surface area contributed by atoms with Crippen LogP contribution in [0.2, 0.25) is 0 Å². The van der Waals surface area contributed by atoms with Crippen LogP contribution >= 0.6 is 11.3 Å². The molecule has 0 bridgehead atoms. The van der Waals surface area contributed by atoms with E-state index in [0.29, 0.717) is 17.2 Å². The third-order valence-electron chi connectivity index (χ3n) is 2.93. The summed E-state index contributed by atoms with van der Waals surface area (Å²) >= 11 is 1.56. The molecule has 3 nitrogen and oxygen atoms in total. The van der Waals surface area contributed by atoms with E-state index in [1.54, 1.807) is 11.3 Å². The smallest absolute Gasteiger partial charge is 0.341 e. The van der Waals surface area contributed by atoms with Gasteiger partial charge in [0.1, 0.15) is 5.00 Å². The van der Waals surface area contributed by atoms with Crippen LogP contribution in [0.1, 0.15) is 47.0 Å². The zero-order valence-electron chi connectivity index (χ0n) is 9.54. The van der Waals surface area contributed by atoms with Gasteiger partial charge in [-0.05, 0) is 38.2 Å². The molecule has 0 saturated heterocycles. The molecule has 0 spiro atoms. The molecule has 2 N–H and O–H groups in total. The van der Waals surface area contributed by atoms with E-state index >= 15 is 0 Å². The third kappa shape index (κ3) is 2.07. The van der Waals surface area contributed by atoms with Crippen molar-refractivity contribution in [1.82, 2.24) is 0 Å². The number of hydrogen-bond acceptors (Lipinski definition) is 4. The lowest BCUT2D eigenvalue weighted by molar-refractivity contribution is 0.0527. The lowest BCUT2D eigenvalue weighted by Crippen LogP contribution is -2.08. The number of fused-ring (bicyclic) bond motifs is 1. The number of nitrogen functional groups attached to an aromatic ring is 1. The molecule has 0 saturated carbocycles. The van der Waals surface area contributed by atoms with Crippen LogP contribution in [-0.4, -0.2) is 12.6 Å². The Kier molecular flexibility index (Phi) is 3.49. The normalized spacial score (nSPS) is 15.3. The monoisotopic (exact) mass is 239 g/mol. The van der Waals surface area contributed by atoms with E-state index in [4.69, 9.17) is 10.5 Å². The summed E-state index contributed by atoms with van der Waals surface area (Å²) in [6, 6.07) is 0. The van der Waals surface area contributed by atoms with Crippen LogP contribution in [-0.2, 0) is 17.6 Å². The number of anilines is 1. The predicted molar refractivity (Wildman–Crippen MR) is 65.9 cm³/mol. The highest BCUT2D eigenvalue weighted by atomic mass is 32.1. The molecule has 1 aromatic heterocycles. The largest absolute Gasteiger partial charge is 0.462 e. The molecular formula is C12H17NO2S. The van der Waals surface area contributed by atoms with E-state index in [9.17, 15) is 4.79 Å². The molecular weight excluding hydrogens is 222 g/mol. The number of hydrogen-bond donors (Lipinski definition) is 1. The Morgan fingerprint density at radius 3 is 2.88 bits per heavy atom. The first-order chi connectivity index (χ1) is 7.74.